The summed E-state index contributed by atoms with van der Waals surface area (Å²) in [5.74, 6) is -0.0176. The Morgan fingerprint density at radius 2 is 2.43 bits per heavy atom. The maximum atomic E-state index is 13.0. The second kappa shape index (κ2) is 3.32. The Balaban J connectivity index is 2.23. The van der Waals surface area contributed by atoms with Crippen molar-refractivity contribution in [1.82, 2.24) is 10.2 Å². The molecule has 0 radical (unpaired) electrons. The van der Waals surface area contributed by atoms with Gasteiger partial charge in [0.25, 0.3) is 0 Å². The lowest BCUT2D eigenvalue weighted by atomic mass is 10.1. The van der Waals surface area contributed by atoms with Crippen molar-refractivity contribution in [3.63, 3.8) is 0 Å². The molecule has 1 saturated heterocycles. The molecule has 2 N–H and O–H groups in total. The number of allylic oxidation sites excluding steroid dienone is 3. The number of carbonyl (C=O) groups excluding carboxylic acids is 1. The average molecular weight is 198 g/mol. The molecular weight excluding hydrogens is 187 g/mol. The van der Waals surface area contributed by atoms with Crippen molar-refractivity contribution < 1.29 is 14.3 Å². The number of carbonyl (C=O) groups is 1. The van der Waals surface area contributed by atoms with Crippen LogP contribution in [0.25, 0.3) is 0 Å². The highest BCUT2D eigenvalue weighted by Crippen LogP contribution is 2.24. The molecular formula is C9H11FN2O2. The third-order valence-corrected chi connectivity index (χ3v) is 2.33. The molecule has 1 unspecified atom stereocenters. The average Bonchev–Trinajstić information content (AvgIpc) is 2.56. The van der Waals surface area contributed by atoms with Crippen molar-refractivity contribution in [2.45, 2.75) is 12.6 Å². The zero-order valence-electron chi connectivity index (χ0n) is 7.53. The summed E-state index contributed by atoms with van der Waals surface area (Å²) in [6.07, 6.45) is 1.53. The number of nitrogens with zero attached hydrogens (tertiary/aromatic N) is 1. The molecule has 1 fully saturated rings. The van der Waals surface area contributed by atoms with Gasteiger partial charge in [-0.25, -0.2) is 9.18 Å². The number of aliphatic hydroxyl groups excluding tert-OH is 1. The summed E-state index contributed by atoms with van der Waals surface area (Å²) in [7, 11) is 0. The molecule has 1 aliphatic heterocycles. The number of hydrogen-bond acceptors (Lipinski definition) is 2. The minimum absolute atomic E-state index is 0.0176. The van der Waals surface area contributed by atoms with Gasteiger partial charge in [0.15, 0.2) is 0 Å². The van der Waals surface area contributed by atoms with E-state index in [2.05, 4.69) is 5.32 Å². The van der Waals surface area contributed by atoms with Crippen molar-refractivity contribution in [1.29, 1.82) is 0 Å². The second-order valence-corrected chi connectivity index (χ2v) is 3.29. The van der Waals surface area contributed by atoms with Crippen LogP contribution < -0.4 is 5.32 Å². The first-order valence-electron chi connectivity index (χ1n) is 4.48. The molecule has 0 spiro atoms. The van der Waals surface area contributed by atoms with Crippen LogP contribution in [-0.4, -0.2) is 35.3 Å². The molecule has 14 heavy (non-hydrogen) atoms. The van der Waals surface area contributed by atoms with Gasteiger partial charge in [0.1, 0.15) is 11.9 Å². The van der Waals surface area contributed by atoms with Gasteiger partial charge >= 0.3 is 6.03 Å². The first-order valence-corrected chi connectivity index (χ1v) is 4.48. The Morgan fingerprint density at radius 1 is 1.64 bits per heavy atom. The van der Waals surface area contributed by atoms with E-state index in [1.807, 2.05) is 0 Å². The lowest BCUT2D eigenvalue weighted by molar-refractivity contribution is 0.220. The summed E-state index contributed by atoms with van der Waals surface area (Å²) in [6.45, 7) is 1.02. The fourth-order valence-electron chi connectivity index (χ4n) is 1.63. The molecule has 2 amide bonds. The van der Waals surface area contributed by atoms with Crippen LogP contribution in [-0.2, 0) is 0 Å². The van der Waals surface area contributed by atoms with Crippen LogP contribution in [0.15, 0.2) is 23.6 Å². The van der Waals surface area contributed by atoms with E-state index in [4.69, 9.17) is 0 Å². The summed E-state index contributed by atoms with van der Waals surface area (Å²) in [5, 5.41) is 12.1. The number of aliphatic hydroxyl groups is 1. The van der Waals surface area contributed by atoms with E-state index < -0.39 is 6.17 Å². The zero-order valence-corrected chi connectivity index (χ0v) is 7.53. The maximum absolute atomic E-state index is 13.0. The number of amides is 2. The smallest absolute Gasteiger partial charge is 0.321 e. The predicted octanol–water partition coefficient (Wildman–Crippen LogP) is 1.08. The minimum atomic E-state index is -1.12. The number of halogens is 1. The quantitative estimate of drug-likeness (QED) is 0.662. The molecule has 2 aliphatic rings. The van der Waals surface area contributed by atoms with E-state index in [0.29, 0.717) is 18.8 Å². The number of hydrogen-bond donors (Lipinski definition) is 2. The molecule has 5 heteroatoms. The van der Waals surface area contributed by atoms with E-state index in [1.165, 1.54) is 17.1 Å². The first kappa shape index (κ1) is 9.05. The van der Waals surface area contributed by atoms with Crippen LogP contribution in [0, 0.1) is 0 Å². The normalized spacial score (nSPS) is 27.1. The van der Waals surface area contributed by atoms with Gasteiger partial charge in [0.2, 0.25) is 0 Å². The fourth-order valence-corrected chi connectivity index (χ4v) is 1.63. The van der Waals surface area contributed by atoms with Gasteiger partial charge in [-0.2, -0.15) is 0 Å². The predicted molar refractivity (Wildman–Crippen MR) is 48.4 cm³/mol. The molecule has 0 aromatic carbocycles. The topological polar surface area (TPSA) is 52.6 Å². The molecule has 1 atom stereocenters. The minimum Gasteiger partial charge on any atom is -0.506 e. The summed E-state index contributed by atoms with van der Waals surface area (Å²) in [6, 6.07) is -0.269. The second-order valence-electron chi connectivity index (χ2n) is 3.29. The van der Waals surface area contributed by atoms with Crippen molar-refractivity contribution in [2.24, 2.45) is 0 Å². The van der Waals surface area contributed by atoms with E-state index in [9.17, 15) is 14.3 Å². The largest absolute Gasteiger partial charge is 0.506 e. The SMILES string of the molecule is O=C1NCCN1C1=C(O)C=CC(F)C1. The van der Waals surface area contributed by atoms with Gasteiger partial charge in [-0.3, -0.25) is 4.90 Å². The number of nitrogens with one attached hydrogen (secondary N) is 1. The Morgan fingerprint density at radius 3 is 3.07 bits per heavy atom. The number of rotatable bonds is 1. The summed E-state index contributed by atoms with van der Waals surface area (Å²) < 4.78 is 13.0. The van der Waals surface area contributed by atoms with Crippen LogP contribution in [0.1, 0.15) is 6.42 Å². The van der Waals surface area contributed by atoms with Gasteiger partial charge in [-0.05, 0) is 12.2 Å². The first-order chi connectivity index (χ1) is 6.68. The lowest BCUT2D eigenvalue weighted by Crippen LogP contribution is -2.30. The highest BCUT2D eigenvalue weighted by molar-refractivity contribution is 5.78. The Bertz CT molecular complexity index is 325. The molecule has 0 aromatic heterocycles. The molecule has 1 heterocycles. The molecule has 76 valence electrons. The molecule has 2 rings (SSSR count). The molecule has 0 bridgehead atoms. The van der Waals surface area contributed by atoms with Crippen LogP contribution in [0.4, 0.5) is 9.18 Å². The van der Waals surface area contributed by atoms with E-state index in [0.717, 1.165) is 0 Å². The Hall–Kier alpha value is -1.52. The third-order valence-electron chi connectivity index (χ3n) is 2.33. The summed E-state index contributed by atoms with van der Waals surface area (Å²) >= 11 is 0. The molecule has 0 aromatic rings. The maximum Gasteiger partial charge on any atom is 0.321 e. The third kappa shape index (κ3) is 1.45. The van der Waals surface area contributed by atoms with Crippen LogP contribution in [0.3, 0.4) is 0 Å². The van der Waals surface area contributed by atoms with Crippen molar-refractivity contribution in [2.75, 3.05) is 13.1 Å². The van der Waals surface area contributed by atoms with E-state index in [-0.39, 0.29) is 18.2 Å². The van der Waals surface area contributed by atoms with Gasteiger partial charge < -0.3 is 10.4 Å². The number of urea groups is 1. The molecule has 1 aliphatic carbocycles. The summed E-state index contributed by atoms with van der Waals surface area (Å²) in [4.78, 5) is 12.6. The lowest BCUT2D eigenvalue weighted by Gasteiger charge is -2.22. The standard InChI is InChI=1S/C9H11FN2O2/c10-6-1-2-8(13)7(5-6)12-4-3-11-9(12)14/h1-2,6,13H,3-5H2,(H,11,14). The Kier molecular flexibility index (Phi) is 2.15. The molecule has 4 nitrogen and oxygen atoms in total. The highest BCUT2D eigenvalue weighted by atomic mass is 19.1. The molecule has 0 saturated carbocycles. The van der Waals surface area contributed by atoms with Crippen molar-refractivity contribution >= 4 is 6.03 Å². The van der Waals surface area contributed by atoms with Crippen molar-refractivity contribution in [3.8, 4) is 0 Å². The van der Waals surface area contributed by atoms with Crippen LogP contribution >= 0.6 is 0 Å². The van der Waals surface area contributed by atoms with Gasteiger partial charge in [0.05, 0.1) is 5.70 Å². The van der Waals surface area contributed by atoms with Crippen molar-refractivity contribution in [3.05, 3.63) is 23.6 Å². The van der Waals surface area contributed by atoms with Crippen LogP contribution in [0.2, 0.25) is 0 Å². The summed E-state index contributed by atoms with van der Waals surface area (Å²) in [5.41, 5.74) is 0.370. The van der Waals surface area contributed by atoms with E-state index >= 15 is 0 Å². The van der Waals surface area contributed by atoms with Crippen LogP contribution in [0.5, 0.6) is 0 Å². The fraction of sp³-hybridized carbons (Fsp3) is 0.444. The van der Waals surface area contributed by atoms with Gasteiger partial charge in [0, 0.05) is 19.5 Å². The van der Waals surface area contributed by atoms with Gasteiger partial charge in [-0.1, -0.05) is 0 Å². The van der Waals surface area contributed by atoms with E-state index in [1.54, 1.807) is 0 Å². The Labute approximate surface area is 80.7 Å². The number of alkyl halides is 1. The monoisotopic (exact) mass is 198 g/mol. The highest BCUT2D eigenvalue weighted by Gasteiger charge is 2.28. The zero-order chi connectivity index (χ0) is 10.1. The van der Waals surface area contributed by atoms with Gasteiger partial charge in [-0.15, -0.1) is 0 Å².